The van der Waals surface area contributed by atoms with Gasteiger partial charge in [-0.15, -0.1) is 11.3 Å². The minimum atomic E-state index is -4.55. The molecule has 40 heavy (non-hydrogen) atoms. The smallest absolute Gasteiger partial charge is 0.368 e. The summed E-state index contributed by atoms with van der Waals surface area (Å²) in [7, 11) is 0. The number of carbonyl (C=O) groups is 1. The van der Waals surface area contributed by atoms with Crippen molar-refractivity contribution < 1.29 is 31.1 Å². The molecular weight excluding hydrogens is 560 g/mol. The second-order valence-corrected chi connectivity index (χ2v) is 10.4. The first-order valence-corrected chi connectivity index (χ1v) is 13.2. The molecule has 1 fully saturated rings. The van der Waals surface area contributed by atoms with Gasteiger partial charge in [0.15, 0.2) is 0 Å². The molecule has 1 aliphatic heterocycles. The molecule has 0 saturated carbocycles. The van der Waals surface area contributed by atoms with Crippen molar-refractivity contribution >= 4 is 38.8 Å². The number of thiophene rings is 1. The summed E-state index contributed by atoms with van der Waals surface area (Å²) < 4.78 is 78.0. The second-order valence-electron chi connectivity index (χ2n) is 9.40. The summed E-state index contributed by atoms with van der Waals surface area (Å²) in [6.45, 7) is 7.43. The maximum Gasteiger partial charge on any atom is 0.416 e. The minimum absolute atomic E-state index is 0.156. The predicted molar refractivity (Wildman–Crippen MR) is 141 cm³/mol. The van der Waals surface area contributed by atoms with Gasteiger partial charge < -0.3 is 14.7 Å². The van der Waals surface area contributed by atoms with Gasteiger partial charge in [0.05, 0.1) is 22.2 Å². The third kappa shape index (κ3) is 6.26. The number of alkyl halides is 6. The van der Waals surface area contributed by atoms with Crippen LogP contribution in [0.2, 0.25) is 0 Å². The van der Waals surface area contributed by atoms with E-state index in [1.165, 1.54) is 30.4 Å². The van der Waals surface area contributed by atoms with Gasteiger partial charge >= 0.3 is 12.4 Å². The lowest BCUT2D eigenvalue weighted by atomic mass is 10.1. The standard InChI is InChI=1S/C26H27F6N5O2S/c1-4-34(14-25(27,28)29)20(38)13-37-15-33-23-21(24(37)39)16(2)22(40-23)17(3)35-9-11-36(12-10-35)19-7-5-18(6-8-19)26(30,31)32/h5-8,15H,3-4,9-14H2,1-2H3. The van der Waals surface area contributed by atoms with Crippen LogP contribution in [-0.4, -0.2) is 70.7 Å². The highest BCUT2D eigenvalue weighted by molar-refractivity contribution is 7.19. The summed E-state index contributed by atoms with van der Waals surface area (Å²) >= 11 is 1.26. The molecule has 1 amide bonds. The zero-order chi connectivity index (χ0) is 29.4. The van der Waals surface area contributed by atoms with E-state index < -0.39 is 42.5 Å². The van der Waals surface area contributed by atoms with Gasteiger partial charge in [0.25, 0.3) is 5.56 Å². The Morgan fingerprint density at radius 3 is 2.25 bits per heavy atom. The first-order chi connectivity index (χ1) is 18.7. The molecule has 14 heteroatoms. The topological polar surface area (TPSA) is 61.7 Å². The molecule has 1 aromatic carbocycles. The normalized spacial score (nSPS) is 14.6. The molecule has 0 bridgehead atoms. The largest absolute Gasteiger partial charge is 0.416 e. The summed E-state index contributed by atoms with van der Waals surface area (Å²) in [4.78, 5) is 35.7. The summed E-state index contributed by atoms with van der Waals surface area (Å²) in [6.07, 6.45) is -7.79. The molecule has 0 aliphatic carbocycles. The minimum Gasteiger partial charge on any atom is -0.368 e. The first-order valence-electron chi connectivity index (χ1n) is 12.4. The van der Waals surface area contributed by atoms with Gasteiger partial charge in [0.2, 0.25) is 5.91 Å². The number of likely N-dealkylation sites (N-methyl/N-ethyl adjacent to an activating group) is 1. The fourth-order valence-electron chi connectivity index (χ4n) is 4.62. The maximum atomic E-state index is 13.2. The number of aryl methyl sites for hydroxylation is 1. The van der Waals surface area contributed by atoms with Gasteiger partial charge in [0, 0.05) is 44.1 Å². The van der Waals surface area contributed by atoms with E-state index >= 15 is 0 Å². The Bertz CT molecular complexity index is 1450. The predicted octanol–water partition coefficient (Wildman–Crippen LogP) is 4.99. The fraction of sp³-hybridized carbons (Fsp3) is 0.423. The van der Waals surface area contributed by atoms with Crippen LogP contribution in [0.5, 0.6) is 0 Å². The number of carbonyl (C=O) groups excluding carboxylic acids is 1. The number of nitrogens with zero attached hydrogens (tertiary/aromatic N) is 5. The molecule has 3 aromatic rings. The number of halogens is 6. The van der Waals surface area contributed by atoms with E-state index in [1.54, 1.807) is 6.92 Å². The zero-order valence-corrected chi connectivity index (χ0v) is 22.6. The molecule has 0 spiro atoms. The SMILES string of the molecule is C=C(c1sc2ncn(CC(=O)N(CC)CC(F)(F)F)c(=O)c2c1C)N1CCN(c2ccc(C(F)(F)F)cc2)CC1. The Hall–Kier alpha value is -3.55. The van der Waals surface area contributed by atoms with Gasteiger partial charge in [-0.05, 0) is 43.7 Å². The lowest BCUT2D eigenvalue weighted by Crippen LogP contribution is -2.45. The Labute approximate surface area is 229 Å². The first kappa shape index (κ1) is 29.4. The number of piperazine rings is 1. The average Bonchev–Trinajstić information content (AvgIpc) is 3.24. The summed E-state index contributed by atoms with van der Waals surface area (Å²) in [5.41, 5.74) is 0.729. The van der Waals surface area contributed by atoms with Crippen LogP contribution in [0.4, 0.5) is 32.0 Å². The molecule has 0 unspecified atom stereocenters. The molecule has 1 saturated heterocycles. The summed E-state index contributed by atoms with van der Waals surface area (Å²) in [5.74, 6) is -0.841. The molecule has 0 atom stereocenters. The fourth-order valence-corrected chi connectivity index (χ4v) is 5.76. The van der Waals surface area contributed by atoms with Crippen molar-refractivity contribution in [3.63, 3.8) is 0 Å². The molecule has 7 nitrogen and oxygen atoms in total. The van der Waals surface area contributed by atoms with E-state index in [0.29, 0.717) is 52.9 Å². The van der Waals surface area contributed by atoms with Gasteiger partial charge in [-0.1, -0.05) is 6.58 Å². The number of anilines is 1. The number of fused-ring (bicyclic) bond motifs is 1. The Balaban J connectivity index is 1.47. The van der Waals surface area contributed by atoms with Crippen LogP contribution in [0.25, 0.3) is 15.9 Å². The number of rotatable bonds is 7. The lowest BCUT2D eigenvalue weighted by molar-refractivity contribution is -0.161. The Kier molecular flexibility index (Phi) is 8.20. The van der Waals surface area contributed by atoms with E-state index in [2.05, 4.69) is 11.6 Å². The molecule has 2 aromatic heterocycles. The van der Waals surface area contributed by atoms with Gasteiger partial charge in [-0.3, -0.25) is 14.2 Å². The van der Waals surface area contributed by atoms with E-state index in [1.807, 2.05) is 9.80 Å². The van der Waals surface area contributed by atoms with Gasteiger partial charge in [0.1, 0.15) is 17.9 Å². The molecule has 216 valence electrons. The van der Waals surface area contributed by atoms with Crippen LogP contribution < -0.4 is 10.5 Å². The Morgan fingerprint density at radius 1 is 1.07 bits per heavy atom. The number of benzene rings is 1. The van der Waals surface area contributed by atoms with E-state index in [4.69, 9.17) is 0 Å². The van der Waals surface area contributed by atoms with Crippen molar-refractivity contribution in [2.24, 2.45) is 0 Å². The van der Waals surface area contributed by atoms with Crippen LogP contribution in [0.15, 0.2) is 42.0 Å². The van der Waals surface area contributed by atoms with Crippen LogP contribution in [-0.2, 0) is 17.5 Å². The Morgan fingerprint density at radius 2 is 1.70 bits per heavy atom. The molecule has 1 aliphatic rings. The third-order valence-corrected chi connectivity index (χ3v) is 8.06. The number of hydrogen-bond donors (Lipinski definition) is 0. The summed E-state index contributed by atoms with van der Waals surface area (Å²) in [5, 5.41) is 0.277. The van der Waals surface area contributed by atoms with Crippen molar-refractivity contribution in [3.05, 3.63) is 63.5 Å². The van der Waals surface area contributed by atoms with Crippen LogP contribution in [0.1, 0.15) is 22.9 Å². The highest BCUT2D eigenvalue weighted by atomic mass is 32.1. The van der Waals surface area contributed by atoms with E-state index in [-0.39, 0.29) is 11.9 Å². The molecular formula is C26H27F6N5O2S. The highest BCUT2D eigenvalue weighted by Gasteiger charge is 2.33. The van der Waals surface area contributed by atoms with Crippen LogP contribution >= 0.6 is 11.3 Å². The van der Waals surface area contributed by atoms with E-state index in [0.717, 1.165) is 27.9 Å². The van der Waals surface area contributed by atoms with Crippen molar-refractivity contribution in [2.75, 3.05) is 44.2 Å². The van der Waals surface area contributed by atoms with Crippen molar-refractivity contribution in [2.45, 2.75) is 32.7 Å². The monoisotopic (exact) mass is 587 g/mol. The zero-order valence-electron chi connectivity index (χ0n) is 21.8. The van der Waals surface area contributed by atoms with Crippen LogP contribution in [0, 0.1) is 6.92 Å². The van der Waals surface area contributed by atoms with Crippen molar-refractivity contribution in [3.8, 4) is 0 Å². The summed E-state index contributed by atoms with van der Waals surface area (Å²) in [6, 6.07) is 5.02. The van der Waals surface area contributed by atoms with Gasteiger partial charge in [-0.2, -0.15) is 26.3 Å². The van der Waals surface area contributed by atoms with E-state index in [9.17, 15) is 35.9 Å². The molecule has 0 radical (unpaired) electrons. The van der Waals surface area contributed by atoms with Gasteiger partial charge in [-0.25, -0.2) is 4.98 Å². The van der Waals surface area contributed by atoms with Crippen molar-refractivity contribution in [1.82, 2.24) is 19.4 Å². The quantitative estimate of drug-likeness (QED) is 0.365. The third-order valence-electron chi connectivity index (χ3n) is 6.81. The molecule has 4 rings (SSSR count). The van der Waals surface area contributed by atoms with Crippen LogP contribution in [0.3, 0.4) is 0 Å². The number of amides is 1. The number of aromatic nitrogens is 2. The van der Waals surface area contributed by atoms with Crippen molar-refractivity contribution in [1.29, 1.82) is 0 Å². The molecule has 0 N–H and O–H groups in total. The average molecular weight is 588 g/mol. The maximum absolute atomic E-state index is 13.2. The second kappa shape index (κ2) is 11.1. The highest BCUT2D eigenvalue weighted by Crippen LogP contribution is 2.35. The number of hydrogen-bond acceptors (Lipinski definition) is 6. The molecule has 3 heterocycles. The lowest BCUT2D eigenvalue weighted by Gasteiger charge is -2.38.